The van der Waals surface area contributed by atoms with Crippen LogP contribution in [0.15, 0.2) is 29.1 Å². The summed E-state index contributed by atoms with van der Waals surface area (Å²) >= 11 is 0. The molecule has 2 unspecified atom stereocenters. The number of nitrogens with zero attached hydrogens (tertiary/aromatic N) is 3. The molecule has 2 aromatic rings. The summed E-state index contributed by atoms with van der Waals surface area (Å²) in [5.74, 6) is 0.184. The summed E-state index contributed by atoms with van der Waals surface area (Å²) in [5, 5.41) is 9.67. The summed E-state index contributed by atoms with van der Waals surface area (Å²) < 4.78 is 1.78. The monoisotopic (exact) mass is 479 g/mol. The molecule has 2 aliphatic heterocycles. The van der Waals surface area contributed by atoms with E-state index in [1.54, 1.807) is 4.57 Å². The minimum absolute atomic E-state index is 0.0161. The summed E-state index contributed by atoms with van der Waals surface area (Å²) in [6.45, 7) is 9.73. The van der Waals surface area contributed by atoms with Gasteiger partial charge in [0.1, 0.15) is 0 Å². The highest BCUT2D eigenvalue weighted by Gasteiger charge is 2.44. The van der Waals surface area contributed by atoms with Gasteiger partial charge < -0.3 is 9.67 Å². The second-order valence-electron chi connectivity index (χ2n) is 12.6. The number of fused-ring (bicyclic) bond motifs is 3. The minimum atomic E-state index is -1.24. The van der Waals surface area contributed by atoms with Crippen molar-refractivity contribution >= 4 is 17.0 Å². The molecule has 3 heterocycles. The molecule has 190 valence electrons. The molecule has 6 heteroatoms. The van der Waals surface area contributed by atoms with Crippen molar-refractivity contribution in [3.8, 4) is 0 Å². The lowest BCUT2D eigenvalue weighted by molar-refractivity contribution is -0.0380. The van der Waals surface area contributed by atoms with Crippen LogP contribution in [-0.4, -0.2) is 43.7 Å². The van der Waals surface area contributed by atoms with Gasteiger partial charge in [-0.3, -0.25) is 9.69 Å². The van der Waals surface area contributed by atoms with Gasteiger partial charge in [0.05, 0.1) is 11.0 Å². The zero-order valence-electron chi connectivity index (χ0n) is 21.7. The highest BCUT2D eigenvalue weighted by atomic mass is 16.4. The Balaban J connectivity index is 1.47. The van der Waals surface area contributed by atoms with E-state index >= 15 is 0 Å². The van der Waals surface area contributed by atoms with Crippen LogP contribution in [0.5, 0.6) is 0 Å². The maximum absolute atomic E-state index is 13.4. The van der Waals surface area contributed by atoms with E-state index in [1.807, 2.05) is 24.3 Å². The van der Waals surface area contributed by atoms with E-state index in [0.29, 0.717) is 40.9 Å². The lowest BCUT2D eigenvalue weighted by Crippen LogP contribution is -2.58. The van der Waals surface area contributed by atoms with Crippen molar-refractivity contribution in [1.29, 1.82) is 0 Å². The summed E-state index contributed by atoms with van der Waals surface area (Å²) in [7, 11) is 0. The fourth-order valence-electron chi connectivity index (χ4n) is 8.26. The summed E-state index contributed by atoms with van der Waals surface area (Å²) in [4.78, 5) is 32.3. The zero-order chi connectivity index (χ0) is 24.9. The molecule has 2 saturated heterocycles. The number of piperidine rings is 2. The molecule has 0 amide bonds. The van der Waals surface area contributed by atoms with Crippen molar-refractivity contribution < 1.29 is 9.90 Å². The highest BCUT2D eigenvalue weighted by Crippen LogP contribution is 2.45. The SMILES string of the molecule is C[C@@H]1CC(N2[C@@H]3CCC[C@H]2CC(n2c(=O)c(C(=O)O)nc4ccccc42)C3)C[C@H](C)CC(C)(C)C1. The number of rotatable bonds is 3. The Morgan fingerprint density at radius 3 is 2.14 bits per heavy atom. The van der Waals surface area contributed by atoms with Gasteiger partial charge in [-0.15, -0.1) is 0 Å². The number of hydrogen-bond donors (Lipinski definition) is 1. The van der Waals surface area contributed by atoms with Crippen molar-refractivity contribution in [1.82, 2.24) is 14.5 Å². The Bertz CT molecular complexity index is 1130. The topological polar surface area (TPSA) is 75.4 Å². The molecule has 3 aliphatic rings. The molecule has 0 radical (unpaired) electrons. The molecule has 6 nitrogen and oxygen atoms in total. The van der Waals surface area contributed by atoms with Crippen molar-refractivity contribution in [2.24, 2.45) is 17.3 Å². The second kappa shape index (κ2) is 9.34. The fourth-order valence-corrected chi connectivity index (χ4v) is 8.26. The van der Waals surface area contributed by atoms with Gasteiger partial charge in [-0.1, -0.05) is 46.2 Å². The first-order valence-electron chi connectivity index (χ1n) is 13.6. The van der Waals surface area contributed by atoms with Crippen molar-refractivity contribution in [2.75, 3.05) is 0 Å². The highest BCUT2D eigenvalue weighted by molar-refractivity contribution is 5.88. The Morgan fingerprint density at radius 2 is 1.54 bits per heavy atom. The molecule has 1 N–H and O–H groups in total. The molecular weight excluding hydrogens is 438 g/mol. The zero-order valence-corrected chi connectivity index (χ0v) is 21.7. The predicted molar refractivity (Wildman–Crippen MR) is 139 cm³/mol. The molecule has 35 heavy (non-hydrogen) atoms. The second-order valence-corrected chi connectivity index (χ2v) is 12.6. The number of para-hydroxylation sites is 2. The van der Waals surface area contributed by atoms with Gasteiger partial charge in [-0.05, 0) is 80.8 Å². The number of aromatic nitrogens is 2. The lowest BCUT2D eigenvalue weighted by atomic mass is 9.70. The Morgan fingerprint density at radius 1 is 0.943 bits per heavy atom. The molecule has 1 aliphatic carbocycles. The van der Waals surface area contributed by atoms with E-state index < -0.39 is 11.5 Å². The first-order valence-corrected chi connectivity index (χ1v) is 13.6. The van der Waals surface area contributed by atoms with Crippen LogP contribution in [-0.2, 0) is 0 Å². The maximum Gasteiger partial charge on any atom is 0.360 e. The third kappa shape index (κ3) is 4.78. The fraction of sp³-hybridized carbons (Fsp3) is 0.690. The quantitative estimate of drug-likeness (QED) is 0.594. The van der Waals surface area contributed by atoms with Crippen LogP contribution in [0.4, 0.5) is 0 Å². The Labute approximate surface area is 208 Å². The van der Waals surface area contributed by atoms with Crippen LogP contribution in [0, 0.1) is 17.3 Å². The molecule has 1 aromatic heterocycles. The van der Waals surface area contributed by atoms with Gasteiger partial charge in [0.25, 0.3) is 5.56 Å². The van der Waals surface area contributed by atoms with Crippen LogP contribution < -0.4 is 5.56 Å². The van der Waals surface area contributed by atoms with Crippen LogP contribution in [0.1, 0.15) is 102 Å². The van der Waals surface area contributed by atoms with Gasteiger partial charge >= 0.3 is 5.97 Å². The molecular formula is C29H41N3O3. The Hall–Kier alpha value is -2.21. The molecule has 3 fully saturated rings. The number of carboxylic acids is 1. The van der Waals surface area contributed by atoms with Crippen LogP contribution in [0.3, 0.4) is 0 Å². The molecule has 1 saturated carbocycles. The van der Waals surface area contributed by atoms with Gasteiger partial charge in [0, 0.05) is 24.2 Å². The maximum atomic E-state index is 13.4. The molecule has 5 rings (SSSR count). The van der Waals surface area contributed by atoms with E-state index in [-0.39, 0.29) is 11.7 Å². The summed E-state index contributed by atoms with van der Waals surface area (Å²) in [6.07, 6.45) is 10.5. The molecule has 1 aromatic carbocycles. The average molecular weight is 480 g/mol. The first-order chi connectivity index (χ1) is 16.6. The number of carboxylic acid groups (broad SMARTS) is 1. The molecule has 6 atom stereocenters. The smallest absolute Gasteiger partial charge is 0.360 e. The number of benzene rings is 1. The van der Waals surface area contributed by atoms with Crippen LogP contribution in [0.25, 0.3) is 11.0 Å². The molecule has 2 bridgehead atoms. The van der Waals surface area contributed by atoms with Gasteiger partial charge in [0.2, 0.25) is 5.69 Å². The minimum Gasteiger partial charge on any atom is -0.476 e. The van der Waals surface area contributed by atoms with Crippen molar-refractivity contribution in [3.63, 3.8) is 0 Å². The van der Waals surface area contributed by atoms with Crippen LogP contribution in [0.2, 0.25) is 0 Å². The summed E-state index contributed by atoms with van der Waals surface area (Å²) in [6, 6.07) is 9.02. The van der Waals surface area contributed by atoms with Crippen molar-refractivity contribution in [3.05, 3.63) is 40.3 Å². The standard InChI is InChI=1S/C29H41N3O3/c1-18-12-22(13-19(2)17-29(3,4)16-18)31-20-8-7-9-21(31)15-23(14-20)32-25-11-6-5-10-24(25)30-26(27(32)33)28(34)35/h5-6,10-11,18-23H,7-9,12-17H2,1-4H3,(H,34,35)/t18-,19+,20-,21+,22?,23?. The number of aromatic carboxylic acids is 1. The summed E-state index contributed by atoms with van der Waals surface area (Å²) in [5.41, 5.74) is 0.944. The van der Waals surface area contributed by atoms with E-state index in [4.69, 9.17) is 0 Å². The van der Waals surface area contributed by atoms with Gasteiger partial charge in [-0.2, -0.15) is 0 Å². The Kier molecular flexibility index (Phi) is 6.54. The van der Waals surface area contributed by atoms with Gasteiger partial charge in [0.15, 0.2) is 0 Å². The van der Waals surface area contributed by atoms with E-state index in [0.717, 1.165) is 18.4 Å². The lowest BCUT2D eigenvalue weighted by Gasteiger charge is -2.54. The van der Waals surface area contributed by atoms with E-state index in [9.17, 15) is 14.7 Å². The molecule has 0 spiro atoms. The normalized spacial score (nSPS) is 33.7. The number of carbonyl (C=O) groups is 1. The van der Waals surface area contributed by atoms with Crippen LogP contribution >= 0.6 is 0 Å². The van der Waals surface area contributed by atoms with Gasteiger partial charge in [-0.25, -0.2) is 9.78 Å². The largest absolute Gasteiger partial charge is 0.476 e. The third-order valence-electron chi connectivity index (χ3n) is 8.94. The van der Waals surface area contributed by atoms with Crippen molar-refractivity contribution in [2.45, 2.75) is 110 Å². The number of hydrogen-bond acceptors (Lipinski definition) is 4. The third-order valence-corrected chi connectivity index (χ3v) is 8.94. The van der Waals surface area contributed by atoms with E-state index in [2.05, 4.69) is 37.6 Å². The average Bonchev–Trinajstić information content (AvgIpc) is 2.75. The predicted octanol–water partition coefficient (Wildman–Crippen LogP) is 5.89. The first kappa shape index (κ1) is 24.5. The van der Waals surface area contributed by atoms with E-state index in [1.165, 1.54) is 44.9 Å².